The number of ether oxygens (including phenoxy) is 4. The quantitative estimate of drug-likeness (QED) is 0.0720. The molecule has 1 unspecified atom stereocenters. The molecule has 3 rings (SSSR count). The Labute approximate surface area is 326 Å². The minimum atomic E-state index is -1.03. The van der Waals surface area contributed by atoms with Crippen molar-refractivity contribution in [1.29, 1.82) is 0 Å². The molecule has 1 aliphatic heterocycles. The summed E-state index contributed by atoms with van der Waals surface area (Å²) < 4.78 is 21.9. The molecule has 6 N–H and O–H groups in total. The van der Waals surface area contributed by atoms with Crippen molar-refractivity contribution >= 4 is 41.8 Å². The number of nitrogens with one attached hydrogen (secondary N) is 3. The molecule has 6 atom stereocenters. The monoisotopic (exact) mass is 776 g/mol. The topological polar surface area (TPSA) is 222 Å². The highest BCUT2D eigenvalue weighted by Gasteiger charge is 2.33. The first kappa shape index (κ1) is 44.8. The van der Waals surface area contributed by atoms with Crippen LogP contribution in [0.15, 0.2) is 82.8 Å². The molecule has 0 spiro atoms. The van der Waals surface area contributed by atoms with E-state index in [1.54, 1.807) is 50.3 Å². The largest absolute Gasteiger partial charge is 0.496 e. The second kappa shape index (κ2) is 21.5. The van der Waals surface area contributed by atoms with E-state index in [1.165, 1.54) is 46.5 Å². The number of hydrogen-bond acceptors (Lipinski definition) is 12. The van der Waals surface area contributed by atoms with E-state index in [4.69, 9.17) is 24.7 Å². The third-order valence-corrected chi connectivity index (χ3v) is 9.33. The van der Waals surface area contributed by atoms with Crippen LogP contribution < -0.4 is 26.4 Å². The van der Waals surface area contributed by atoms with Crippen LogP contribution in [0.4, 0.5) is 4.79 Å². The maximum atomic E-state index is 13.9. The lowest BCUT2D eigenvalue weighted by molar-refractivity contribution is -0.120. The van der Waals surface area contributed by atoms with Gasteiger partial charge in [0.15, 0.2) is 12.4 Å². The molecule has 302 valence electrons. The van der Waals surface area contributed by atoms with Gasteiger partial charge in [-0.3, -0.25) is 24.0 Å². The number of ketones is 2. The fourth-order valence-electron chi connectivity index (χ4n) is 6.31. The number of allylic oxidation sites excluding steroid dienone is 4. The fourth-order valence-corrected chi connectivity index (χ4v) is 6.31. The molecule has 0 saturated heterocycles. The summed E-state index contributed by atoms with van der Waals surface area (Å²) in [5.74, 6) is -2.61. The van der Waals surface area contributed by atoms with Crippen molar-refractivity contribution in [3.63, 3.8) is 0 Å². The van der Waals surface area contributed by atoms with Gasteiger partial charge in [-0.05, 0) is 62.0 Å². The van der Waals surface area contributed by atoms with Crippen LogP contribution in [0.2, 0.25) is 0 Å². The van der Waals surface area contributed by atoms with Gasteiger partial charge in [-0.2, -0.15) is 0 Å². The Morgan fingerprint density at radius 3 is 2.45 bits per heavy atom. The third-order valence-electron chi connectivity index (χ3n) is 9.33. The summed E-state index contributed by atoms with van der Waals surface area (Å²) in [6.07, 6.45) is 6.70. The minimum Gasteiger partial charge on any atom is -0.496 e. The number of nitrogens with two attached hydrogens (primary N) is 1. The summed E-state index contributed by atoms with van der Waals surface area (Å²) in [6.45, 7) is 7.03. The highest BCUT2D eigenvalue weighted by atomic mass is 16.6. The van der Waals surface area contributed by atoms with Crippen molar-refractivity contribution in [2.45, 2.75) is 65.0 Å². The number of amides is 3. The summed E-state index contributed by atoms with van der Waals surface area (Å²) in [4.78, 5) is 76.2. The lowest BCUT2D eigenvalue weighted by Gasteiger charge is -2.30. The molecule has 0 fully saturated rings. The third kappa shape index (κ3) is 12.4. The first-order chi connectivity index (χ1) is 26.6. The molecule has 0 aromatic heterocycles. The summed E-state index contributed by atoms with van der Waals surface area (Å²) in [6, 6.07) is 4.87. The second-order valence-electron chi connectivity index (χ2n) is 13.6. The van der Waals surface area contributed by atoms with E-state index in [2.05, 4.69) is 16.0 Å². The van der Waals surface area contributed by atoms with E-state index in [9.17, 15) is 33.9 Å². The van der Waals surface area contributed by atoms with Gasteiger partial charge in [-0.15, -0.1) is 0 Å². The standard InChI is InChI=1S/C41H52N4O11/c1-23-17-29-36(44-16-15-43-35(48)14-12-27-11-13-28(22-46)33(20-27)54-6)31(47)21-30(38(29)50)45-40(51)24(2)9-8-10-32(53-5)39(56-41(42)52)26(4)19-25(3)37(49)34(18-23)55-7/h8-14,19-23,25,32,34,37,39,44,49H,15-18H2,1-7H3,(H2,42,52)(H,43,48)(H,45,51)/b10-8-,14-12+,24-9+,26-19+/t23-,25+,32+,34+,37-,39?/m1/s1. The Morgan fingerprint density at radius 1 is 1.07 bits per heavy atom. The van der Waals surface area contributed by atoms with E-state index in [-0.39, 0.29) is 54.4 Å². The van der Waals surface area contributed by atoms with Gasteiger partial charge in [0.25, 0.3) is 5.91 Å². The van der Waals surface area contributed by atoms with Crippen molar-refractivity contribution in [2.24, 2.45) is 17.6 Å². The van der Waals surface area contributed by atoms with Crippen molar-refractivity contribution in [1.82, 2.24) is 16.0 Å². The predicted molar refractivity (Wildman–Crippen MR) is 208 cm³/mol. The lowest BCUT2D eigenvalue weighted by atomic mass is 9.85. The van der Waals surface area contributed by atoms with Gasteiger partial charge in [0.2, 0.25) is 17.5 Å². The van der Waals surface area contributed by atoms with Crippen LogP contribution in [-0.2, 0) is 33.4 Å². The predicted octanol–water partition coefficient (Wildman–Crippen LogP) is 3.00. The highest BCUT2D eigenvalue weighted by Crippen LogP contribution is 2.29. The number of aldehydes is 1. The molecule has 1 heterocycles. The van der Waals surface area contributed by atoms with Gasteiger partial charge in [-0.1, -0.05) is 44.2 Å². The zero-order valence-corrected chi connectivity index (χ0v) is 32.8. The van der Waals surface area contributed by atoms with Crippen molar-refractivity contribution in [3.05, 3.63) is 93.9 Å². The lowest BCUT2D eigenvalue weighted by Crippen LogP contribution is -2.39. The first-order valence-corrected chi connectivity index (χ1v) is 18.0. The Morgan fingerprint density at radius 2 is 1.80 bits per heavy atom. The zero-order valence-electron chi connectivity index (χ0n) is 32.8. The Hall–Kier alpha value is -5.64. The van der Waals surface area contributed by atoms with Crippen molar-refractivity contribution in [2.75, 3.05) is 34.4 Å². The van der Waals surface area contributed by atoms with Crippen LogP contribution in [0.25, 0.3) is 6.08 Å². The van der Waals surface area contributed by atoms with Crippen molar-refractivity contribution in [3.8, 4) is 5.75 Å². The van der Waals surface area contributed by atoms with Gasteiger partial charge in [0.05, 0.1) is 36.3 Å². The average molecular weight is 777 g/mol. The van der Waals surface area contributed by atoms with Gasteiger partial charge >= 0.3 is 6.09 Å². The minimum absolute atomic E-state index is 0.0284. The van der Waals surface area contributed by atoms with Crippen LogP contribution in [0.1, 0.15) is 56.5 Å². The fraction of sp³-hybridized carbons (Fsp3) is 0.415. The number of fused-ring (bicyclic) bond motifs is 2. The van der Waals surface area contributed by atoms with Gasteiger partial charge < -0.3 is 45.7 Å². The number of aliphatic hydroxyl groups excluding tert-OH is 1. The van der Waals surface area contributed by atoms with Crippen LogP contribution in [0.5, 0.6) is 5.75 Å². The number of rotatable bonds is 11. The molecule has 2 bridgehead atoms. The van der Waals surface area contributed by atoms with Gasteiger partial charge in [-0.25, -0.2) is 4.79 Å². The molecular weight excluding hydrogens is 724 g/mol. The molecule has 56 heavy (non-hydrogen) atoms. The van der Waals surface area contributed by atoms with E-state index in [0.29, 0.717) is 28.7 Å². The number of aliphatic hydroxyl groups is 1. The first-order valence-electron chi connectivity index (χ1n) is 18.0. The zero-order chi connectivity index (χ0) is 41.5. The van der Waals surface area contributed by atoms with Gasteiger partial charge in [0.1, 0.15) is 11.9 Å². The number of primary amides is 1. The number of carbonyl (C=O) groups excluding carboxylic acids is 6. The van der Waals surface area contributed by atoms with E-state index in [0.717, 1.165) is 6.08 Å². The highest BCUT2D eigenvalue weighted by molar-refractivity contribution is 6.23. The molecule has 2 aliphatic rings. The summed E-state index contributed by atoms with van der Waals surface area (Å²) in [7, 11) is 4.31. The smallest absolute Gasteiger partial charge is 0.405 e. The van der Waals surface area contributed by atoms with E-state index < -0.39 is 59.8 Å². The Kier molecular flexibility index (Phi) is 17.1. The maximum absolute atomic E-state index is 13.9. The van der Waals surface area contributed by atoms with Crippen molar-refractivity contribution < 1.29 is 52.8 Å². The van der Waals surface area contributed by atoms with E-state index in [1.807, 2.05) is 6.92 Å². The van der Waals surface area contributed by atoms with E-state index >= 15 is 0 Å². The number of hydrogen-bond donors (Lipinski definition) is 5. The Balaban J connectivity index is 1.89. The maximum Gasteiger partial charge on any atom is 0.405 e. The number of Topliss-reactive ketones (excluding diaryl/α,β-unsaturated/α-hetero) is 1. The van der Waals surface area contributed by atoms with Crippen LogP contribution in [0, 0.1) is 11.8 Å². The normalized spacial score (nSPS) is 26.6. The molecule has 1 aromatic carbocycles. The SMILES string of the molecule is COc1cc(/C=C/C(=O)NCCNC2=C3C[C@@H](C)C[C@H](OC)[C@H](O)[C@@H](C)/C=C(\C)C(OC(N)=O)[C@@H](OC)/C=C\C=C(/C)C(=O)NC(=CC2=O)C3=O)ccc1C=O. The van der Waals surface area contributed by atoms with Gasteiger partial charge in [0, 0.05) is 56.5 Å². The number of methoxy groups -OCH3 is 3. The molecule has 15 nitrogen and oxygen atoms in total. The van der Waals surface area contributed by atoms with Crippen LogP contribution in [-0.4, -0.2) is 99.7 Å². The van der Waals surface area contributed by atoms with Crippen LogP contribution >= 0.6 is 0 Å². The van der Waals surface area contributed by atoms with Crippen LogP contribution in [0.3, 0.4) is 0 Å². The molecule has 1 aliphatic carbocycles. The summed E-state index contributed by atoms with van der Waals surface area (Å²) in [5.41, 5.74) is 7.08. The molecule has 0 saturated carbocycles. The molecule has 0 radical (unpaired) electrons. The number of carbonyl (C=O) groups is 6. The molecule has 3 amide bonds. The molecule has 15 heteroatoms. The summed E-state index contributed by atoms with van der Waals surface area (Å²) >= 11 is 0. The summed E-state index contributed by atoms with van der Waals surface area (Å²) in [5, 5.41) is 19.7. The number of benzene rings is 1. The molecule has 1 aromatic rings. The molecular formula is C41H52N4O11. The Bertz CT molecular complexity index is 1840. The average Bonchev–Trinajstić information content (AvgIpc) is 3.17. The second-order valence-corrected chi connectivity index (χ2v) is 13.6.